The van der Waals surface area contributed by atoms with Gasteiger partial charge in [0.15, 0.2) is 0 Å². The zero-order valence-corrected chi connectivity index (χ0v) is 13.3. The van der Waals surface area contributed by atoms with E-state index in [-0.39, 0.29) is 5.91 Å². The van der Waals surface area contributed by atoms with E-state index in [0.717, 1.165) is 11.3 Å². The molecule has 0 bridgehead atoms. The Morgan fingerprint density at radius 1 is 1.12 bits per heavy atom. The van der Waals surface area contributed by atoms with Gasteiger partial charge in [-0.3, -0.25) is 14.9 Å². The summed E-state index contributed by atoms with van der Waals surface area (Å²) in [4.78, 5) is 27.7. The van der Waals surface area contributed by atoms with Gasteiger partial charge in [-0.1, -0.05) is 35.9 Å². The van der Waals surface area contributed by atoms with Gasteiger partial charge in [0, 0.05) is 5.56 Å². The van der Waals surface area contributed by atoms with E-state index >= 15 is 0 Å². The molecule has 2 atom stereocenters. The summed E-state index contributed by atoms with van der Waals surface area (Å²) >= 11 is 0. The second-order valence-corrected chi connectivity index (χ2v) is 5.95. The second kappa shape index (κ2) is 6.80. The number of aromatic nitrogens is 1. The number of rotatable bonds is 4. The normalized spacial score (nSPS) is 19.9. The number of aliphatic carboxylic acids is 1. The fraction of sp³-hybridized carbons (Fsp3) is 0.278. The number of aryl methyl sites for hydroxylation is 1. The van der Waals surface area contributed by atoms with E-state index < -0.39 is 18.1 Å². The van der Waals surface area contributed by atoms with Crippen LogP contribution in [0.25, 0.3) is 11.3 Å². The van der Waals surface area contributed by atoms with Gasteiger partial charge in [-0.25, -0.2) is 4.98 Å². The van der Waals surface area contributed by atoms with Crippen molar-refractivity contribution in [2.45, 2.75) is 31.8 Å². The lowest BCUT2D eigenvalue weighted by Gasteiger charge is -2.12. The fourth-order valence-electron chi connectivity index (χ4n) is 2.75. The van der Waals surface area contributed by atoms with Crippen molar-refractivity contribution in [1.29, 1.82) is 0 Å². The van der Waals surface area contributed by atoms with Crippen LogP contribution in [0.3, 0.4) is 0 Å². The maximum Gasteiger partial charge on any atom is 0.320 e. The smallest absolute Gasteiger partial charge is 0.320 e. The first-order valence-corrected chi connectivity index (χ1v) is 7.87. The number of carbonyl (C=O) groups excluding carboxylic acids is 1. The predicted molar refractivity (Wildman–Crippen MR) is 90.6 cm³/mol. The summed E-state index contributed by atoms with van der Waals surface area (Å²) < 4.78 is 0. The minimum atomic E-state index is -0.926. The number of pyridine rings is 1. The molecular formula is C18H19N3O3. The molecule has 0 saturated carbocycles. The largest absolute Gasteiger partial charge is 0.480 e. The van der Waals surface area contributed by atoms with Crippen molar-refractivity contribution in [1.82, 2.24) is 10.3 Å². The Morgan fingerprint density at radius 2 is 1.83 bits per heavy atom. The second-order valence-electron chi connectivity index (χ2n) is 5.95. The molecule has 24 heavy (non-hydrogen) atoms. The third-order valence-corrected chi connectivity index (χ3v) is 4.11. The number of anilines is 1. The molecular weight excluding hydrogens is 306 g/mol. The standard InChI is InChI=1S/C18H19N3O3/c1-11-5-7-12(8-6-11)13-3-2-4-16(20-13)21-17(22)14-9-10-15(19-14)18(23)24/h2-8,14-15,19H,9-10H2,1H3,(H,23,24)(H,20,21,22)/t14-,15+/m0/s1. The zero-order valence-electron chi connectivity index (χ0n) is 13.3. The lowest BCUT2D eigenvalue weighted by molar-refractivity contribution is -0.139. The highest BCUT2D eigenvalue weighted by molar-refractivity contribution is 5.95. The minimum Gasteiger partial charge on any atom is -0.480 e. The molecule has 0 aliphatic carbocycles. The van der Waals surface area contributed by atoms with Crippen molar-refractivity contribution in [3.63, 3.8) is 0 Å². The molecule has 1 aliphatic heterocycles. The summed E-state index contributed by atoms with van der Waals surface area (Å²) in [5.41, 5.74) is 2.92. The number of hydrogen-bond donors (Lipinski definition) is 3. The molecule has 2 aromatic rings. The molecule has 1 aromatic heterocycles. The topological polar surface area (TPSA) is 91.3 Å². The van der Waals surface area contributed by atoms with E-state index in [0.29, 0.717) is 18.7 Å². The lowest BCUT2D eigenvalue weighted by Crippen LogP contribution is -2.42. The van der Waals surface area contributed by atoms with Crippen LogP contribution in [0.1, 0.15) is 18.4 Å². The third-order valence-electron chi connectivity index (χ3n) is 4.11. The monoisotopic (exact) mass is 325 g/mol. The molecule has 3 rings (SSSR count). The summed E-state index contributed by atoms with van der Waals surface area (Å²) in [6.45, 7) is 2.02. The molecule has 6 heteroatoms. The summed E-state index contributed by atoms with van der Waals surface area (Å²) in [6.07, 6.45) is 0.949. The lowest BCUT2D eigenvalue weighted by atomic mass is 10.1. The Hall–Kier alpha value is -2.73. The number of benzene rings is 1. The minimum absolute atomic E-state index is 0.257. The summed E-state index contributed by atoms with van der Waals surface area (Å²) in [7, 11) is 0. The van der Waals surface area contributed by atoms with Crippen LogP contribution in [-0.4, -0.2) is 34.1 Å². The van der Waals surface area contributed by atoms with Crippen molar-refractivity contribution in [3.8, 4) is 11.3 Å². The van der Waals surface area contributed by atoms with Crippen LogP contribution >= 0.6 is 0 Å². The molecule has 1 amide bonds. The van der Waals surface area contributed by atoms with Crippen LogP contribution in [0.5, 0.6) is 0 Å². The number of carboxylic acids is 1. The van der Waals surface area contributed by atoms with Crippen molar-refractivity contribution in [2.75, 3.05) is 5.32 Å². The molecule has 0 unspecified atom stereocenters. The molecule has 6 nitrogen and oxygen atoms in total. The first kappa shape index (κ1) is 16.1. The first-order chi connectivity index (χ1) is 11.5. The van der Waals surface area contributed by atoms with E-state index in [4.69, 9.17) is 5.11 Å². The number of hydrogen-bond acceptors (Lipinski definition) is 4. The highest BCUT2D eigenvalue weighted by Gasteiger charge is 2.33. The predicted octanol–water partition coefficient (Wildman–Crippen LogP) is 2.20. The van der Waals surface area contributed by atoms with Gasteiger partial charge in [0.25, 0.3) is 0 Å². The van der Waals surface area contributed by atoms with Crippen LogP contribution in [0, 0.1) is 6.92 Å². The van der Waals surface area contributed by atoms with Gasteiger partial charge in [0.05, 0.1) is 11.7 Å². The summed E-state index contributed by atoms with van der Waals surface area (Å²) in [5.74, 6) is -0.726. The SMILES string of the molecule is Cc1ccc(-c2cccc(NC(=O)[C@@H]3CC[C@H](C(=O)O)N3)n2)cc1. The van der Waals surface area contributed by atoms with Gasteiger partial charge >= 0.3 is 5.97 Å². The summed E-state index contributed by atoms with van der Waals surface area (Å²) in [5, 5.41) is 14.6. The van der Waals surface area contributed by atoms with Crippen LogP contribution in [0.2, 0.25) is 0 Å². The number of carboxylic acid groups (broad SMARTS) is 1. The molecule has 1 aliphatic rings. The van der Waals surface area contributed by atoms with Crippen LogP contribution in [-0.2, 0) is 9.59 Å². The Balaban J connectivity index is 1.70. The Morgan fingerprint density at radius 3 is 2.50 bits per heavy atom. The Kier molecular flexibility index (Phi) is 4.57. The summed E-state index contributed by atoms with van der Waals surface area (Å²) in [6, 6.07) is 12.3. The third kappa shape index (κ3) is 3.60. The van der Waals surface area contributed by atoms with Gasteiger partial charge in [-0.15, -0.1) is 0 Å². The molecule has 124 valence electrons. The molecule has 0 spiro atoms. The number of nitrogens with zero attached hydrogens (tertiary/aromatic N) is 1. The van der Waals surface area contributed by atoms with Gasteiger partial charge < -0.3 is 10.4 Å². The van der Waals surface area contributed by atoms with Crippen LogP contribution < -0.4 is 10.6 Å². The Labute approximate surface area is 139 Å². The van der Waals surface area contributed by atoms with E-state index in [1.54, 1.807) is 6.07 Å². The quantitative estimate of drug-likeness (QED) is 0.801. The number of carbonyl (C=O) groups is 2. The van der Waals surface area contributed by atoms with Gasteiger partial charge in [-0.05, 0) is 31.9 Å². The fourth-order valence-corrected chi connectivity index (χ4v) is 2.75. The van der Waals surface area contributed by atoms with Crippen LogP contribution in [0.15, 0.2) is 42.5 Å². The van der Waals surface area contributed by atoms with Crippen molar-refractivity contribution in [2.24, 2.45) is 0 Å². The van der Waals surface area contributed by atoms with E-state index in [1.165, 1.54) is 5.56 Å². The molecule has 1 saturated heterocycles. The molecule has 2 heterocycles. The van der Waals surface area contributed by atoms with E-state index in [2.05, 4.69) is 15.6 Å². The van der Waals surface area contributed by atoms with E-state index in [9.17, 15) is 9.59 Å². The average Bonchev–Trinajstić information content (AvgIpc) is 3.06. The van der Waals surface area contributed by atoms with E-state index in [1.807, 2.05) is 43.3 Å². The maximum absolute atomic E-state index is 12.3. The molecule has 0 radical (unpaired) electrons. The zero-order chi connectivity index (χ0) is 17.1. The average molecular weight is 325 g/mol. The maximum atomic E-state index is 12.3. The Bertz CT molecular complexity index is 758. The van der Waals surface area contributed by atoms with Crippen molar-refractivity contribution >= 4 is 17.7 Å². The molecule has 1 aromatic carbocycles. The van der Waals surface area contributed by atoms with Crippen molar-refractivity contribution in [3.05, 3.63) is 48.0 Å². The van der Waals surface area contributed by atoms with Crippen LogP contribution in [0.4, 0.5) is 5.82 Å². The molecule has 3 N–H and O–H groups in total. The number of amides is 1. The van der Waals surface area contributed by atoms with Gasteiger partial charge in [-0.2, -0.15) is 0 Å². The first-order valence-electron chi connectivity index (χ1n) is 7.87. The van der Waals surface area contributed by atoms with Crippen molar-refractivity contribution < 1.29 is 14.7 Å². The number of nitrogens with one attached hydrogen (secondary N) is 2. The van der Waals surface area contributed by atoms with Gasteiger partial charge in [0.2, 0.25) is 5.91 Å². The highest BCUT2D eigenvalue weighted by Crippen LogP contribution is 2.20. The van der Waals surface area contributed by atoms with Gasteiger partial charge in [0.1, 0.15) is 11.9 Å². The highest BCUT2D eigenvalue weighted by atomic mass is 16.4. The molecule has 1 fully saturated rings.